The Hall–Kier alpha value is -0.680. The standard InChI is InChI=1S/C27H41NO3/c1-15-11-24-25(28(30)14-15)17(3)27(31-24)10-8-20-21-6-5-18-12-19(29)7-9-26(18,4)23(21)13-22(20)16(27)2/h5,15,17,19-21,23-25,29-30H,6-14H2,1-4H3/t15-,17+,19-,20-,21-,23-,24+,25-,26-,27-/m0/s1. The molecule has 0 amide bonds. The summed E-state index contributed by atoms with van der Waals surface area (Å²) in [5, 5.41) is 22.7. The van der Waals surface area contributed by atoms with Crippen molar-refractivity contribution in [3.05, 3.63) is 22.8 Å². The smallest absolute Gasteiger partial charge is 0.0938 e. The van der Waals surface area contributed by atoms with Gasteiger partial charge in [0.1, 0.15) is 0 Å². The molecule has 2 heterocycles. The van der Waals surface area contributed by atoms with E-state index >= 15 is 0 Å². The van der Waals surface area contributed by atoms with Gasteiger partial charge in [0.15, 0.2) is 0 Å². The number of hydroxylamine groups is 2. The third-order valence-corrected chi connectivity index (χ3v) is 11.0. The van der Waals surface area contributed by atoms with E-state index in [1.807, 2.05) is 0 Å². The minimum atomic E-state index is -0.181. The summed E-state index contributed by atoms with van der Waals surface area (Å²) in [6.07, 6.45) is 11.3. The summed E-state index contributed by atoms with van der Waals surface area (Å²) < 4.78 is 6.96. The van der Waals surface area contributed by atoms with Crippen molar-refractivity contribution in [3.8, 4) is 0 Å². The maximum atomic E-state index is 10.8. The van der Waals surface area contributed by atoms with Gasteiger partial charge in [-0.1, -0.05) is 38.0 Å². The molecule has 31 heavy (non-hydrogen) atoms. The molecule has 4 heteroatoms. The fraction of sp³-hybridized carbons (Fsp3) is 0.852. The van der Waals surface area contributed by atoms with E-state index in [2.05, 4.69) is 33.8 Å². The zero-order valence-corrected chi connectivity index (χ0v) is 19.8. The molecule has 172 valence electrons. The molecular weight excluding hydrogens is 386 g/mol. The lowest BCUT2D eigenvalue weighted by Crippen LogP contribution is -2.50. The van der Waals surface area contributed by atoms with Crippen LogP contribution in [0, 0.1) is 35.0 Å². The number of aliphatic hydroxyl groups is 1. The van der Waals surface area contributed by atoms with E-state index in [0.717, 1.165) is 50.5 Å². The average molecular weight is 428 g/mol. The van der Waals surface area contributed by atoms with E-state index in [4.69, 9.17) is 4.74 Å². The zero-order chi connectivity index (χ0) is 21.7. The molecule has 2 saturated carbocycles. The van der Waals surface area contributed by atoms with Crippen LogP contribution < -0.4 is 0 Å². The van der Waals surface area contributed by atoms with E-state index in [1.165, 1.54) is 24.8 Å². The van der Waals surface area contributed by atoms with Gasteiger partial charge < -0.3 is 15.1 Å². The Bertz CT molecular complexity index is 834. The number of aliphatic hydroxyl groups excluding tert-OH is 1. The van der Waals surface area contributed by atoms with Crippen molar-refractivity contribution >= 4 is 0 Å². The monoisotopic (exact) mass is 427 g/mol. The summed E-state index contributed by atoms with van der Waals surface area (Å²) in [5.41, 5.74) is 4.85. The number of fused-ring (bicyclic) bond motifs is 6. The molecule has 0 unspecified atom stereocenters. The first-order valence-corrected chi connectivity index (χ1v) is 13.0. The largest absolute Gasteiger partial charge is 0.393 e. The lowest BCUT2D eigenvalue weighted by atomic mass is 9.56. The molecule has 4 aliphatic carbocycles. The molecule has 0 aromatic rings. The maximum absolute atomic E-state index is 10.8. The minimum Gasteiger partial charge on any atom is -0.393 e. The molecule has 0 bridgehead atoms. The minimum absolute atomic E-state index is 0.135. The highest BCUT2D eigenvalue weighted by Crippen LogP contribution is 2.65. The first-order chi connectivity index (χ1) is 14.7. The highest BCUT2D eigenvalue weighted by atomic mass is 16.5. The summed E-state index contributed by atoms with van der Waals surface area (Å²) >= 11 is 0. The van der Waals surface area contributed by atoms with Crippen LogP contribution in [0.5, 0.6) is 0 Å². The Morgan fingerprint density at radius 1 is 1.16 bits per heavy atom. The Morgan fingerprint density at radius 2 is 1.97 bits per heavy atom. The van der Waals surface area contributed by atoms with Crippen molar-refractivity contribution in [3.63, 3.8) is 0 Å². The van der Waals surface area contributed by atoms with Gasteiger partial charge in [0.05, 0.1) is 23.9 Å². The van der Waals surface area contributed by atoms with Crippen LogP contribution in [0.1, 0.15) is 79.1 Å². The SMILES string of the molecule is CC1=C2C[C@H]3[C@@H](CC=C4C[C@@H](O)CC[C@@]43C)[C@@H]2CC[C@]12O[C@@H]1C[C@H](C)CN(O)[C@H]1[C@H]2C. The summed E-state index contributed by atoms with van der Waals surface area (Å²) in [6.45, 7) is 10.2. The lowest BCUT2D eigenvalue weighted by Gasteiger charge is -2.49. The number of rotatable bonds is 0. The van der Waals surface area contributed by atoms with Gasteiger partial charge in [-0.15, -0.1) is 0 Å². The second kappa shape index (κ2) is 6.91. The molecule has 2 aliphatic heterocycles. The average Bonchev–Trinajstić information content (AvgIpc) is 3.23. The summed E-state index contributed by atoms with van der Waals surface area (Å²) in [7, 11) is 0. The molecule has 6 rings (SSSR count). The Balaban J connectivity index is 1.34. The van der Waals surface area contributed by atoms with Gasteiger partial charge in [-0.05, 0) is 93.0 Å². The first kappa shape index (κ1) is 20.9. The summed E-state index contributed by atoms with van der Waals surface area (Å²) in [6, 6.07) is 0.137. The molecule has 0 aromatic carbocycles. The molecule has 0 aromatic heterocycles. The molecule has 2 saturated heterocycles. The molecule has 0 radical (unpaired) electrons. The molecular formula is C27H41NO3. The zero-order valence-electron chi connectivity index (χ0n) is 19.8. The van der Waals surface area contributed by atoms with Crippen LogP contribution in [-0.4, -0.2) is 45.8 Å². The number of hydrogen-bond donors (Lipinski definition) is 2. The van der Waals surface area contributed by atoms with Crippen LogP contribution in [0.25, 0.3) is 0 Å². The predicted molar refractivity (Wildman–Crippen MR) is 121 cm³/mol. The van der Waals surface area contributed by atoms with E-state index in [1.54, 1.807) is 16.2 Å². The van der Waals surface area contributed by atoms with Gasteiger partial charge in [0.25, 0.3) is 0 Å². The van der Waals surface area contributed by atoms with Crippen molar-refractivity contribution in [2.45, 2.75) is 103 Å². The van der Waals surface area contributed by atoms with Gasteiger partial charge >= 0.3 is 0 Å². The fourth-order valence-electron chi connectivity index (χ4n) is 9.30. The van der Waals surface area contributed by atoms with E-state index in [0.29, 0.717) is 17.8 Å². The van der Waals surface area contributed by atoms with Crippen LogP contribution >= 0.6 is 0 Å². The predicted octanol–water partition coefficient (Wildman–Crippen LogP) is 5.10. The van der Waals surface area contributed by atoms with Crippen molar-refractivity contribution in [2.24, 2.45) is 35.0 Å². The number of allylic oxidation sites excluding steroid dienone is 2. The fourth-order valence-corrected chi connectivity index (χ4v) is 9.30. The summed E-state index contributed by atoms with van der Waals surface area (Å²) in [4.78, 5) is 0. The third kappa shape index (κ3) is 2.74. The quantitative estimate of drug-likeness (QED) is 0.528. The van der Waals surface area contributed by atoms with Crippen molar-refractivity contribution < 1.29 is 15.1 Å². The van der Waals surface area contributed by atoms with Crippen molar-refractivity contribution in [1.29, 1.82) is 0 Å². The van der Waals surface area contributed by atoms with E-state index < -0.39 is 0 Å². The van der Waals surface area contributed by atoms with Gasteiger partial charge in [-0.25, -0.2) is 0 Å². The molecule has 6 aliphatic rings. The van der Waals surface area contributed by atoms with Crippen LogP contribution in [-0.2, 0) is 4.74 Å². The molecule has 1 spiro atoms. The van der Waals surface area contributed by atoms with Crippen molar-refractivity contribution in [1.82, 2.24) is 5.06 Å². The third-order valence-electron chi connectivity index (χ3n) is 11.0. The Morgan fingerprint density at radius 3 is 2.77 bits per heavy atom. The van der Waals surface area contributed by atoms with Gasteiger partial charge in [0.2, 0.25) is 0 Å². The maximum Gasteiger partial charge on any atom is 0.0938 e. The van der Waals surface area contributed by atoms with Crippen LogP contribution in [0.4, 0.5) is 0 Å². The van der Waals surface area contributed by atoms with Gasteiger partial charge in [-0.3, -0.25) is 0 Å². The second-order valence-electron chi connectivity index (χ2n) is 12.3. The van der Waals surface area contributed by atoms with Crippen LogP contribution in [0.3, 0.4) is 0 Å². The normalized spacial score (nSPS) is 54.3. The number of ether oxygens (including phenoxy) is 1. The number of nitrogens with zero attached hydrogens (tertiary/aromatic N) is 1. The highest BCUT2D eigenvalue weighted by Gasteiger charge is 2.61. The Labute approximate surface area is 187 Å². The van der Waals surface area contributed by atoms with Crippen molar-refractivity contribution in [2.75, 3.05) is 6.54 Å². The number of piperidine rings is 1. The van der Waals surface area contributed by atoms with Gasteiger partial charge in [-0.2, -0.15) is 5.06 Å². The van der Waals surface area contributed by atoms with Crippen LogP contribution in [0.2, 0.25) is 0 Å². The second-order valence-corrected chi connectivity index (χ2v) is 12.3. The molecule has 4 nitrogen and oxygen atoms in total. The van der Waals surface area contributed by atoms with Crippen LogP contribution in [0.15, 0.2) is 22.8 Å². The Kier molecular flexibility index (Phi) is 4.66. The summed E-state index contributed by atoms with van der Waals surface area (Å²) in [5.74, 6) is 3.01. The van der Waals surface area contributed by atoms with E-state index in [9.17, 15) is 10.3 Å². The van der Waals surface area contributed by atoms with Gasteiger partial charge in [0, 0.05) is 12.5 Å². The molecule has 10 atom stereocenters. The first-order valence-electron chi connectivity index (χ1n) is 13.0. The highest BCUT2D eigenvalue weighted by molar-refractivity contribution is 5.38. The lowest BCUT2D eigenvalue weighted by molar-refractivity contribution is -0.178. The number of hydrogen-bond acceptors (Lipinski definition) is 4. The topological polar surface area (TPSA) is 52.9 Å². The molecule has 2 N–H and O–H groups in total. The molecule has 4 fully saturated rings. The van der Waals surface area contributed by atoms with E-state index in [-0.39, 0.29) is 29.3 Å².